The van der Waals surface area contributed by atoms with E-state index in [9.17, 15) is 13.5 Å². The lowest BCUT2D eigenvalue weighted by Crippen LogP contribution is -2.46. The van der Waals surface area contributed by atoms with Crippen LogP contribution in [-0.2, 0) is 16.4 Å². The van der Waals surface area contributed by atoms with Gasteiger partial charge in [-0.3, -0.25) is 4.98 Å². The second-order valence-electron chi connectivity index (χ2n) is 5.77. The van der Waals surface area contributed by atoms with Gasteiger partial charge in [-0.25, -0.2) is 8.42 Å². The molecule has 0 bridgehead atoms. The molecule has 0 spiro atoms. The van der Waals surface area contributed by atoms with Crippen molar-refractivity contribution in [1.82, 2.24) is 9.29 Å². The molecule has 1 aromatic heterocycles. The molecule has 1 fully saturated rings. The minimum absolute atomic E-state index is 0.0545. The number of aliphatic hydroxyl groups excluding tert-OH is 1. The Labute approximate surface area is 127 Å². The van der Waals surface area contributed by atoms with Gasteiger partial charge in [0.1, 0.15) is 0 Å². The van der Waals surface area contributed by atoms with Crippen molar-refractivity contribution in [3.8, 4) is 0 Å². The molecule has 2 unspecified atom stereocenters. The lowest BCUT2D eigenvalue weighted by Gasteiger charge is -2.35. The summed E-state index contributed by atoms with van der Waals surface area (Å²) in [5.41, 5.74) is 0.984. The van der Waals surface area contributed by atoms with Crippen molar-refractivity contribution in [3.63, 3.8) is 0 Å². The summed E-state index contributed by atoms with van der Waals surface area (Å²) in [6.07, 6.45) is 6.71. The van der Waals surface area contributed by atoms with Crippen molar-refractivity contribution in [2.24, 2.45) is 0 Å². The average molecular weight is 312 g/mol. The van der Waals surface area contributed by atoms with Gasteiger partial charge in [-0.05, 0) is 50.3 Å². The van der Waals surface area contributed by atoms with Gasteiger partial charge in [0, 0.05) is 25.0 Å². The number of rotatable bonds is 6. The fourth-order valence-electron chi connectivity index (χ4n) is 2.88. The van der Waals surface area contributed by atoms with E-state index < -0.39 is 16.1 Å². The summed E-state index contributed by atoms with van der Waals surface area (Å²) < 4.78 is 26.8. The highest BCUT2D eigenvalue weighted by atomic mass is 32.2. The van der Waals surface area contributed by atoms with Crippen LogP contribution in [0.2, 0.25) is 0 Å². The van der Waals surface area contributed by atoms with Crippen LogP contribution >= 0.6 is 0 Å². The molecule has 0 saturated carbocycles. The Balaban J connectivity index is 2.02. The van der Waals surface area contributed by atoms with E-state index in [0.29, 0.717) is 19.4 Å². The third-order valence-electron chi connectivity index (χ3n) is 3.94. The van der Waals surface area contributed by atoms with Gasteiger partial charge in [-0.2, -0.15) is 4.31 Å². The molecule has 0 aliphatic carbocycles. The highest BCUT2D eigenvalue weighted by Crippen LogP contribution is 2.24. The highest BCUT2D eigenvalue weighted by molar-refractivity contribution is 7.89. The molecule has 1 aromatic rings. The van der Waals surface area contributed by atoms with Crippen molar-refractivity contribution in [2.45, 2.75) is 51.2 Å². The molecule has 1 aliphatic rings. The van der Waals surface area contributed by atoms with Gasteiger partial charge in [0.25, 0.3) is 0 Å². The first-order valence-electron chi connectivity index (χ1n) is 7.55. The van der Waals surface area contributed by atoms with Gasteiger partial charge >= 0.3 is 0 Å². The van der Waals surface area contributed by atoms with Gasteiger partial charge in [-0.15, -0.1) is 0 Å². The molecule has 0 radical (unpaired) electrons. The first-order chi connectivity index (χ1) is 9.99. The van der Waals surface area contributed by atoms with E-state index in [1.165, 1.54) is 0 Å². The van der Waals surface area contributed by atoms with Crippen molar-refractivity contribution < 1.29 is 13.5 Å². The summed E-state index contributed by atoms with van der Waals surface area (Å²) in [6, 6.07) is 3.64. The van der Waals surface area contributed by atoms with Crippen LogP contribution in [0, 0.1) is 0 Å². The van der Waals surface area contributed by atoms with Crippen LogP contribution in [0.25, 0.3) is 0 Å². The van der Waals surface area contributed by atoms with E-state index in [0.717, 1.165) is 24.8 Å². The minimum Gasteiger partial charge on any atom is -0.393 e. The third-order valence-corrected chi connectivity index (χ3v) is 5.86. The zero-order valence-electron chi connectivity index (χ0n) is 12.5. The van der Waals surface area contributed by atoms with Crippen molar-refractivity contribution in [3.05, 3.63) is 30.1 Å². The second kappa shape index (κ2) is 7.33. The number of piperidine rings is 1. The second-order valence-corrected chi connectivity index (χ2v) is 7.81. The first-order valence-corrected chi connectivity index (χ1v) is 9.16. The van der Waals surface area contributed by atoms with E-state index >= 15 is 0 Å². The summed E-state index contributed by atoms with van der Waals surface area (Å²) in [6.45, 7) is 2.30. The summed E-state index contributed by atoms with van der Waals surface area (Å²) in [5.74, 6) is 0.118. The van der Waals surface area contributed by atoms with Gasteiger partial charge < -0.3 is 5.11 Å². The third kappa shape index (κ3) is 4.76. The number of sulfonamides is 1. The molecule has 0 amide bonds. The van der Waals surface area contributed by atoms with Crippen LogP contribution in [0.4, 0.5) is 0 Å². The summed E-state index contributed by atoms with van der Waals surface area (Å²) >= 11 is 0. The Kier molecular flexibility index (Phi) is 5.72. The topological polar surface area (TPSA) is 70.5 Å². The number of hydrogen-bond donors (Lipinski definition) is 1. The van der Waals surface area contributed by atoms with E-state index in [1.54, 1.807) is 23.6 Å². The standard InChI is InChI=1S/C15H24N2O3S/c1-13(18)12-15-4-2-3-10-17(15)21(19,20)11-7-14-5-8-16-9-6-14/h5-6,8-9,13,15,18H,2-4,7,10-12H2,1H3. The number of aryl methyl sites for hydroxylation is 1. The zero-order valence-corrected chi connectivity index (χ0v) is 13.3. The van der Waals surface area contributed by atoms with E-state index in [-0.39, 0.29) is 11.8 Å². The monoisotopic (exact) mass is 312 g/mol. The number of nitrogens with zero attached hydrogens (tertiary/aromatic N) is 2. The van der Waals surface area contributed by atoms with Crippen LogP contribution in [0.15, 0.2) is 24.5 Å². The Morgan fingerprint density at radius 3 is 2.76 bits per heavy atom. The molecule has 2 rings (SSSR count). The molecule has 5 nitrogen and oxygen atoms in total. The molecule has 118 valence electrons. The molecule has 1 saturated heterocycles. The normalized spacial score (nSPS) is 22.1. The van der Waals surface area contributed by atoms with Crippen LogP contribution in [-0.4, -0.2) is 47.3 Å². The van der Waals surface area contributed by atoms with Crippen LogP contribution in [0.1, 0.15) is 38.2 Å². The Morgan fingerprint density at radius 1 is 1.38 bits per heavy atom. The van der Waals surface area contributed by atoms with Gasteiger partial charge in [0.05, 0.1) is 11.9 Å². The minimum atomic E-state index is -3.27. The molecule has 0 aromatic carbocycles. The molecule has 2 atom stereocenters. The Morgan fingerprint density at radius 2 is 2.10 bits per heavy atom. The van der Waals surface area contributed by atoms with Crippen LogP contribution in [0.5, 0.6) is 0 Å². The summed E-state index contributed by atoms with van der Waals surface area (Å²) in [5, 5.41) is 9.57. The van der Waals surface area contributed by atoms with Crippen LogP contribution in [0.3, 0.4) is 0 Å². The number of hydrogen-bond acceptors (Lipinski definition) is 4. The smallest absolute Gasteiger partial charge is 0.214 e. The van der Waals surface area contributed by atoms with Crippen molar-refractivity contribution >= 4 is 10.0 Å². The largest absolute Gasteiger partial charge is 0.393 e. The van der Waals surface area contributed by atoms with Gasteiger partial charge in [0.15, 0.2) is 0 Å². The predicted molar refractivity (Wildman–Crippen MR) is 82.4 cm³/mol. The molecular formula is C15H24N2O3S. The Bertz CT molecular complexity index is 531. The molecule has 1 aliphatic heterocycles. The average Bonchev–Trinajstić information content (AvgIpc) is 2.46. The quantitative estimate of drug-likeness (QED) is 0.866. The lowest BCUT2D eigenvalue weighted by molar-refractivity contribution is 0.132. The molecule has 2 heterocycles. The maximum Gasteiger partial charge on any atom is 0.214 e. The molecular weight excluding hydrogens is 288 g/mol. The highest BCUT2D eigenvalue weighted by Gasteiger charge is 2.32. The first kappa shape index (κ1) is 16.4. The zero-order chi connectivity index (χ0) is 15.3. The lowest BCUT2D eigenvalue weighted by atomic mass is 10.00. The van der Waals surface area contributed by atoms with E-state index in [4.69, 9.17) is 0 Å². The molecule has 6 heteroatoms. The van der Waals surface area contributed by atoms with Crippen molar-refractivity contribution in [1.29, 1.82) is 0 Å². The molecule has 1 N–H and O–H groups in total. The fraction of sp³-hybridized carbons (Fsp3) is 0.667. The maximum absolute atomic E-state index is 12.6. The van der Waals surface area contributed by atoms with Crippen molar-refractivity contribution in [2.75, 3.05) is 12.3 Å². The van der Waals surface area contributed by atoms with Gasteiger partial charge in [0.2, 0.25) is 10.0 Å². The fourth-order valence-corrected chi connectivity index (χ4v) is 4.66. The summed E-state index contributed by atoms with van der Waals surface area (Å²) in [7, 11) is -3.27. The Hall–Kier alpha value is -0.980. The maximum atomic E-state index is 12.6. The summed E-state index contributed by atoms with van der Waals surface area (Å²) in [4.78, 5) is 3.94. The van der Waals surface area contributed by atoms with E-state index in [2.05, 4.69) is 4.98 Å². The van der Waals surface area contributed by atoms with Crippen LogP contribution < -0.4 is 0 Å². The number of pyridine rings is 1. The molecule has 21 heavy (non-hydrogen) atoms. The number of aromatic nitrogens is 1. The predicted octanol–water partition coefficient (Wildman–Crippen LogP) is 1.58. The SMILES string of the molecule is CC(O)CC1CCCCN1S(=O)(=O)CCc1ccncc1. The van der Waals surface area contributed by atoms with E-state index in [1.807, 2.05) is 12.1 Å². The number of aliphatic hydroxyl groups is 1. The van der Waals surface area contributed by atoms with Gasteiger partial charge in [-0.1, -0.05) is 6.42 Å².